The second kappa shape index (κ2) is 6.42. The summed E-state index contributed by atoms with van der Waals surface area (Å²) in [7, 11) is -3.93. The minimum absolute atomic E-state index is 0. The van der Waals surface area contributed by atoms with Crippen molar-refractivity contribution < 1.29 is 21.6 Å². The van der Waals surface area contributed by atoms with Crippen molar-refractivity contribution in [1.29, 1.82) is 5.26 Å². The Bertz CT molecular complexity index is 701. The van der Waals surface area contributed by atoms with E-state index in [1.165, 1.54) is 6.07 Å². The number of nitrogens with zero attached hydrogens (tertiary/aromatic N) is 2. The van der Waals surface area contributed by atoms with E-state index in [9.17, 15) is 21.6 Å². The first-order chi connectivity index (χ1) is 9.66. The van der Waals surface area contributed by atoms with Crippen LogP contribution >= 0.6 is 12.4 Å². The van der Waals surface area contributed by atoms with Gasteiger partial charge >= 0.3 is 6.18 Å². The van der Waals surface area contributed by atoms with Gasteiger partial charge in [-0.25, -0.2) is 8.42 Å². The monoisotopic (exact) mass is 355 g/mol. The van der Waals surface area contributed by atoms with Crippen LogP contribution in [0.3, 0.4) is 0 Å². The average molecular weight is 356 g/mol. The predicted octanol–water partition coefficient (Wildman–Crippen LogP) is 1.72. The quantitative estimate of drug-likeness (QED) is 0.875. The lowest BCUT2D eigenvalue weighted by Crippen LogP contribution is -2.32. The van der Waals surface area contributed by atoms with E-state index in [2.05, 4.69) is 0 Å². The molecule has 0 aromatic heterocycles. The van der Waals surface area contributed by atoms with Crippen molar-refractivity contribution in [3.05, 3.63) is 29.3 Å². The molecule has 5 nitrogen and oxygen atoms in total. The smallest absolute Gasteiger partial charge is 0.326 e. The molecular formula is C12H13ClF3N3O2S. The molecule has 0 amide bonds. The summed E-state index contributed by atoms with van der Waals surface area (Å²) >= 11 is 0. The van der Waals surface area contributed by atoms with Gasteiger partial charge in [0, 0.05) is 19.1 Å². The Hall–Kier alpha value is -1.34. The molecule has 1 atom stereocenters. The van der Waals surface area contributed by atoms with Gasteiger partial charge in [0.1, 0.15) is 0 Å². The molecule has 10 heteroatoms. The highest BCUT2D eigenvalue weighted by Gasteiger charge is 2.36. The lowest BCUT2D eigenvalue weighted by Gasteiger charge is -2.17. The number of rotatable bonds is 2. The standard InChI is InChI=1S/C12H12F3N3O2S.ClH/c13-12(14,15)11-2-1-10(5-8(11)6-16)21(19,20)18-4-3-9(17)7-18;/h1-2,5,9H,3-4,7,17H2;1H/t9-;/m1./s1. The van der Waals surface area contributed by atoms with Crippen molar-refractivity contribution >= 4 is 22.4 Å². The fourth-order valence-corrected chi connectivity index (χ4v) is 3.68. The van der Waals surface area contributed by atoms with Crippen LogP contribution in [0.15, 0.2) is 23.1 Å². The number of alkyl halides is 3. The number of benzene rings is 1. The van der Waals surface area contributed by atoms with Gasteiger partial charge in [-0.15, -0.1) is 12.4 Å². The van der Waals surface area contributed by atoms with Crippen LogP contribution in [0, 0.1) is 11.3 Å². The minimum Gasteiger partial charge on any atom is -0.326 e. The van der Waals surface area contributed by atoms with Crippen molar-refractivity contribution in [3.8, 4) is 6.07 Å². The van der Waals surface area contributed by atoms with Crippen LogP contribution < -0.4 is 5.73 Å². The van der Waals surface area contributed by atoms with Crippen LogP contribution in [0.4, 0.5) is 13.2 Å². The van der Waals surface area contributed by atoms with Gasteiger partial charge in [-0.2, -0.15) is 22.7 Å². The van der Waals surface area contributed by atoms with Crippen molar-refractivity contribution in [2.24, 2.45) is 5.73 Å². The fourth-order valence-electron chi connectivity index (χ4n) is 2.14. The first-order valence-electron chi connectivity index (χ1n) is 6.03. The molecule has 2 N–H and O–H groups in total. The predicted molar refractivity (Wildman–Crippen MR) is 74.8 cm³/mol. The molecule has 122 valence electrons. The van der Waals surface area contributed by atoms with E-state index in [4.69, 9.17) is 11.0 Å². The molecule has 22 heavy (non-hydrogen) atoms. The number of hydrogen-bond donors (Lipinski definition) is 1. The molecule has 1 aromatic carbocycles. The average Bonchev–Trinajstić information content (AvgIpc) is 2.84. The molecule has 1 fully saturated rings. The lowest BCUT2D eigenvalue weighted by molar-refractivity contribution is -0.137. The maximum atomic E-state index is 12.7. The van der Waals surface area contributed by atoms with Crippen LogP contribution in [-0.2, 0) is 16.2 Å². The maximum Gasteiger partial charge on any atom is 0.417 e. The zero-order chi connectivity index (χ0) is 15.8. The molecule has 1 saturated heterocycles. The Morgan fingerprint density at radius 1 is 1.36 bits per heavy atom. The molecule has 1 heterocycles. The van der Waals surface area contributed by atoms with E-state index < -0.39 is 27.3 Å². The first kappa shape index (κ1) is 18.7. The third-order valence-corrected chi connectivity index (χ3v) is 5.10. The summed E-state index contributed by atoms with van der Waals surface area (Å²) in [5.41, 5.74) is 3.76. The summed E-state index contributed by atoms with van der Waals surface area (Å²) < 4.78 is 63.8. The van der Waals surface area contributed by atoms with E-state index >= 15 is 0 Å². The Balaban J connectivity index is 0.00000242. The molecular weight excluding hydrogens is 343 g/mol. The first-order valence-corrected chi connectivity index (χ1v) is 7.47. The second-order valence-electron chi connectivity index (χ2n) is 4.73. The summed E-state index contributed by atoms with van der Waals surface area (Å²) in [6, 6.07) is 3.33. The zero-order valence-corrected chi connectivity index (χ0v) is 12.8. The van der Waals surface area contributed by atoms with Crippen LogP contribution in [0.2, 0.25) is 0 Å². The summed E-state index contributed by atoms with van der Waals surface area (Å²) in [6.45, 7) is 0.331. The number of nitrogens with two attached hydrogens (primary N) is 1. The van der Waals surface area contributed by atoms with E-state index in [0.717, 1.165) is 16.4 Å². The lowest BCUT2D eigenvalue weighted by atomic mass is 10.1. The summed E-state index contributed by atoms with van der Waals surface area (Å²) in [4.78, 5) is -0.332. The van der Waals surface area contributed by atoms with Gasteiger partial charge in [0.25, 0.3) is 0 Å². The molecule has 0 radical (unpaired) electrons. The zero-order valence-electron chi connectivity index (χ0n) is 11.2. The molecule has 0 unspecified atom stereocenters. The molecule has 0 bridgehead atoms. The second-order valence-corrected chi connectivity index (χ2v) is 6.67. The molecule has 1 aliphatic rings. The molecule has 0 aliphatic carbocycles. The van der Waals surface area contributed by atoms with Gasteiger partial charge in [-0.3, -0.25) is 0 Å². The highest BCUT2D eigenvalue weighted by atomic mass is 35.5. The van der Waals surface area contributed by atoms with Gasteiger partial charge in [0.05, 0.1) is 22.1 Å². The Labute approximate surface area is 132 Å². The summed E-state index contributed by atoms with van der Waals surface area (Å²) in [5.74, 6) is 0. The van der Waals surface area contributed by atoms with E-state index in [1.54, 1.807) is 0 Å². The topological polar surface area (TPSA) is 87.2 Å². The van der Waals surface area contributed by atoms with Crippen LogP contribution in [0.25, 0.3) is 0 Å². The van der Waals surface area contributed by atoms with Crippen molar-refractivity contribution in [1.82, 2.24) is 4.31 Å². The molecule has 1 aromatic rings. The molecule has 1 aliphatic heterocycles. The molecule has 0 saturated carbocycles. The van der Waals surface area contributed by atoms with Crippen LogP contribution in [0.5, 0.6) is 0 Å². The van der Waals surface area contributed by atoms with Crippen LogP contribution in [-0.4, -0.2) is 31.9 Å². The van der Waals surface area contributed by atoms with Crippen LogP contribution in [0.1, 0.15) is 17.5 Å². The van der Waals surface area contributed by atoms with E-state index in [1.807, 2.05) is 0 Å². The van der Waals surface area contributed by atoms with E-state index in [-0.39, 0.29) is 36.4 Å². The van der Waals surface area contributed by atoms with Crippen molar-refractivity contribution in [2.75, 3.05) is 13.1 Å². The number of nitriles is 1. The minimum atomic E-state index is -4.71. The normalized spacial score (nSPS) is 19.5. The van der Waals surface area contributed by atoms with Gasteiger partial charge in [-0.1, -0.05) is 0 Å². The fraction of sp³-hybridized carbons (Fsp3) is 0.417. The Morgan fingerprint density at radius 3 is 2.45 bits per heavy atom. The summed E-state index contributed by atoms with van der Waals surface area (Å²) in [5, 5.41) is 8.80. The Morgan fingerprint density at radius 2 is 2.00 bits per heavy atom. The molecule has 2 rings (SSSR count). The largest absolute Gasteiger partial charge is 0.417 e. The van der Waals surface area contributed by atoms with Gasteiger partial charge in [0.2, 0.25) is 10.0 Å². The Kier molecular flexibility index (Phi) is 5.46. The van der Waals surface area contributed by atoms with Gasteiger partial charge < -0.3 is 5.73 Å². The number of halogens is 4. The van der Waals surface area contributed by atoms with Crippen molar-refractivity contribution in [2.45, 2.75) is 23.5 Å². The maximum absolute atomic E-state index is 12.7. The van der Waals surface area contributed by atoms with E-state index in [0.29, 0.717) is 12.5 Å². The van der Waals surface area contributed by atoms with Crippen molar-refractivity contribution in [3.63, 3.8) is 0 Å². The molecule has 0 spiro atoms. The number of sulfonamides is 1. The third-order valence-electron chi connectivity index (χ3n) is 3.24. The summed E-state index contributed by atoms with van der Waals surface area (Å²) in [6.07, 6.45) is -4.21. The highest BCUT2D eigenvalue weighted by Crippen LogP contribution is 2.33. The van der Waals surface area contributed by atoms with Gasteiger partial charge in [-0.05, 0) is 24.6 Å². The number of hydrogen-bond acceptors (Lipinski definition) is 4. The third kappa shape index (κ3) is 3.52. The highest BCUT2D eigenvalue weighted by molar-refractivity contribution is 7.89. The SMILES string of the molecule is Cl.N#Cc1cc(S(=O)(=O)N2CC[C@@H](N)C2)ccc1C(F)(F)F. The van der Waals surface area contributed by atoms with Gasteiger partial charge in [0.15, 0.2) is 0 Å².